The minimum Gasteiger partial charge on any atom is -0.0957 e. The van der Waals surface area contributed by atoms with Gasteiger partial charge in [0.1, 0.15) is 0 Å². The van der Waals surface area contributed by atoms with Crippen LogP contribution in [0.2, 0.25) is 0 Å². The summed E-state index contributed by atoms with van der Waals surface area (Å²) < 4.78 is -1.65. The molecule has 0 unspecified atom stereocenters. The maximum atomic E-state index is 8.65. The molecule has 0 heterocycles. The number of hydrogen-bond acceptors (Lipinski definition) is 2. The molecule has 21 heavy (non-hydrogen) atoms. The molecule has 0 aromatic heterocycles. The SMILES string of the molecule is [N-]=[N+]=NC1(N=[N+]=[N-])C=CC(Cc2ccccc2)=CC1(Cl)Cl. The predicted molar refractivity (Wildman–Crippen MR) is 82.8 cm³/mol. The van der Waals surface area contributed by atoms with Gasteiger partial charge in [0, 0.05) is 9.82 Å². The zero-order valence-corrected chi connectivity index (χ0v) is 12.3. The average Bonchev–Trinajstić information content (AvgIpc) is 2.44. The van der Waals surface area contributed by atoms with Crippen molar-refractivity contribution in [1.29, 1.82) is 0 Å². The molecule has 0 fully saturated rings. The first-order chi connectivity index (χ1) is 10.0. The number of benzene rings is 1. The average molecular weight is 321 g/mol. The Hall–Kier alpha value is -2.10. The van der Waals surface area contributed by atoms with Crippen molar-refractivity contribution in [3.05, 3.63) is 80.6 Å². The molecule has 1 aromatic rings. The first kappa shape index (κ1) is 15.3. The lowest BCUT2D eigenvalue weighted by Crippen LogP contribution is -2.41. The van der Waals surface area contributed by atoms with Crippen LogP contribution in [0.3, 0.4) is 0 Å². The van der Waals surface area contributed by atoms with Crippen LogP contribution in [-0.2, 0) is 6.42 Å². The number of azide groups is 1. The Kier molecular flexibility index (Phi) is 4.46. The number of nitrogens with zero attached hydrogens (tertiary/aromatic N) is 6. The molecule has 0 bridgehead atoms. The van der Waals surface area contributed by atoms with Gasteiger partial charge in [-0.1, -0.05) is 75.9 Å². The third-order valence-corrected chi connectivity index (χ3v) is 3.81. The van der Waals surface area contributed by atoms with Gasteiger partial charge in [-0.25, -0.2) is 0 Å². The molecular weight excluding hydrogens is 311 g/mol. The molecular formula is C13H10Cl2N6. The third-order valence-electron chi connectivity index (χ3n) is 3.03. The van der Waals surface area contributed by atoms with Crippen LogP contribution >= 0.6 is 23.2 Å². The Balaban J connectivity index is 2.36. The number of alkyl halides is 2. The monoisotopic (exact) mass is 320 g/mol. The van der Waals surface area contributed by atoms with E-state index in [1.807, 2.05) is 30.3 Å². The van der Waals surface area contributed by atoms with Crippen LogP contribution in [-0.4, -0.2) is 10.00 Å². The second-order valence-electron chi connectivity index (χ2n) is 4.44. The van der Waals surface area contributed by atoms with Crippen LogP contribution in [0.1, 0.15) is 5.56 Å². The number of halogens is 2. The molecule has 106 valence electrons. The standard InChI is InChI=1S/C13H10Cl2N6/c14-12(15)9-11(8-10-4-2-1-3-5-10)6-7-13(12,18-20-16)19-21-17/h1-7,9H,8H2. The Morgan fingerprint density at radius 2 is 1.67 bits per heavy atom. The summed E-state index contributed by atoms with van der Waals surface area (Å²) in [6.45, 7) is 0. The summed E-state index contributed by atoms with van der Waals surface area (Å²) in [6, 6.07) is 9.74. The van der Waals surface area contributed by atoms with E-state index >= 15 is 0 Å². The molecule has 8 heteroatoms. The van der Waals surface area contributed by atoms with Crippen LogP contribution in [0.4, 0.5) is 0 Å². The van der Waals surface area contributed by atoms with Crippen molar-refractivity contribution in [2.45, 2.75) is 16.4 Å². The van der Waals surface area contributed by atoms with Crippen molar-refractivity contribution in [3.8, 4) is 0 Å². The summed E-state index contributed by atoms with van der Waals surface area (Å²) >= 11 is 12.4. The molecule has 0 radical (unpaired) electrons. The quantitative estimate of drug-likeness (QED) is 0.314. The minimum absolute atomic E-state index is 0.612. The molecule has 2 rings (SSSR count). The van der Waals surface area contributed by atoms with Gasteiger partial charge in [-0.2, -0.15) is 0 Å². The lowest BCUT2D eigenvalue weighted by molar-refractivity contribution is 0.520. The molecule has 1 aromatic carbocycles. The number of hydrogen-bond donors (Lipinski definition) is 0. The summed E-state index contributed by atoms with van der Waals surface area (Å²) in [6.07, 6.45) is 5.26. The van der Waals surface area contributed by atoms with Gasteiger partial charge in [-0.3, -0.25) is 0 Å². The van der Waals surface area contributed by atoms with Gasteiger partial charge in [0.15, 0.2) is 10.00 Å². The molecule has 0 saturated carbocycles. The highest BCUT2D eigenvalue weighted by atomic mass is 35.5. The van der Waals surface area contributed by atoms with Gasteiger partial charge in [0.25, 0.3) is 0 Å². The van der Waals surface area contributed by atoms with E-state index in [4.69, 9.17) is 34.3 Å². The lowest BCUT2D eigenvalue weighted by atomic mass is 9.93. The maximum Gasteiger partial charge on any atom is 0.181 e. The normalized spacial score (nSPS) is 22.7. The Morgan fingerprint density at radius 3 is 2.19 bits per heavy atom. The van der Waals surface area contributed by atoms with E-state index in [9.17, 15) is 0 Å². The summed E-state index contributed by atoms with van der Waals surface area (Å²) in [7, 11) is 0. The summed E-state index contributed by atoms with van der Waals surface area (Å²) in [5, 5.41) is 6.93. The van der Waals surface area contributed by atoms with Crippen LogP contribution in [0.15, 0.2) is 64.4 Å². The fourth-order valence-corrected chi connectivity index (χ4v) is 2.58. The molecule has 0 amide bonds. The molecule has 1 aliphatic carbocycles. The maximum absolute atomic E-state index is 8.65. The van der Waals surface area contributed by atoms with Crippen molar-refractivity contribution in [3.63, 3.8) is 0 Å². The topological polar surface area (TPSA) is 97.5 Å². The zero-order chi connectivity index (χ0) is 15.3. The third kappa shape index (κ3) is 3.15. The molecule has 0 N–H and O–H groups in total. The first-order valence-corrected chi connectivity index (χ1v) is 6.74. The predicted octanol–water partition coefficient (Wildman–Crippen LogP) is 5.22. The van der Waals surface area contributed by atoms with Crippen LogP contribution in [0, 0.1) is 0 Å². The minimum atomic E-state index is -1.71. The fourth-order valence-electron chi connectivity index (χ4n) is 2.02. The van der Waals surface area contributed by atoms with Gasteiger partial charge in [-0.05, 0) is 34.7 Å². The van der Waals surface area contributed by atoms with E-state index in [-0.39, 0.29) is 0 Å². The van der Waals surface area contributed by atoms with Gasteiger partial charge in [-0.15, -0.1) is 0 Å². The Morgan fingerprint density at radius 1 is 1.05 bits per heavy atom. The summed E-state index contributed by atoms with van der Waals surface area (Å²) in [5.74, 6) is 0. The molecule has 0 spiro atoms. The molecule has 0 aliphatic heterocycles. The largest absolute Gasteiger partial charge is 0.181 e. The van der Waals surface area contributed by atoms with Crippen LogP contribution < -0.4 is 0 Å². The Labute approximate surface area is 130 Å². The van der Waals surface area contributed by atoms with Gasteiger partial charge < -0.3 is 0 Å². The van der Waals surface area contributed by atoms with Gasteiger partial charge in [0.2, 0.25) is 0 Å². The van der Waals surface area contributed by atoms with Crippen LogP contribution in [0.25, 0.3) is 20.9 Å². The van der Waals surface area contributed by atoms with Crippen LogP contribution in [0.5, 0.6) is 0 Å². The van der Waals surface area contributed by atoms with E-state index in [2.05, 4.69) is 20.1 Å². The van der Waals surface area contributed by atoms with Crippen molar-refractivity contribution in [1.82, 2.24) is 0 Å². The highest BCUT2D eigenvalue weighted by Crippen LogP contribution is 2.44. The van der Waals surface area contributed by atoms with Crippen molar-refractivity contribution >= 4 is 23.2 Å². The van der Waals surface area contributed by atoms with E-state index in [1.165, 1.54) is 12.2 Å². The molecule has 6 nitrogen and oxygen atoms in total. The van der Waals surface area contributed by atoms with Crippen molar-refractivity contribution in [2.24, 2.45) is 10.2 Å². The smallest absolute Gasteiger partial charge is 0.0957 e. The molecule has 1 aliphatic rings. The highest BCUT2D eigenvalue weighted by molar-refractivity contribution is 6.51. The van der Waals surface area contributed by atoms with Gasteiger partial charge in [0.05, 0.1) is 0 Å². The van der Waals surface area contributed by atoms with E-state index in [0.29, 0.717) is 6.42 Å². The molecule has 0 atom stereocenters. The fraction of sp³-hybridized carbons (Fsp3) is 0.231. The second kappa shape index (κ2) is 6.12. The van der Waals surface area contributed by atoms with Gasteiger partial charge >= 0.3 is 0 Å². The van der Waals surface area contributed by atoms with Crippen molar-refractivity contribution < 1.29 is 0 Å². The van der Waals surface area contributed by atoms with E-state index in [1.54, 1.807) is 6.08 Å². The lowest BCUT2D eigenvalue weighted by Gasteiger charge is -2.34. The highest BCUT2D eigenvalue weighted by Gasteiger charge is 2.47. The van der Waals surface area contributed by atoms with E-state index < -0.39 is 10.00 Å². The van der Waals surface area contributed by atoms with Crippen molar-refractivity contribution in [2.75, 3.05) is 0 Å². The second-order valence-corrected chi connectivity index (χ2v) is 5.83. The summed E-state index contributed by atoms with van der Waals surface area (Å²) in [4.78, 5) is 5.33. The number of allylic oxidation sites excluding steroid dienone is 2. The summed E-state index contributed by atoms with van der Waals surface area (Å²) in [5.41, 5.74) is 17.5. The molecule has 0 saturated heterocycles. The van der Waals surface area contributed by atoms with E-state index in [0.717, 1.165) is 11.1 Å². The zero-order valence-electron chi connectivity index (χ0n) is 10.8. The first-order valence-electron chi connectivity index (χ1n) is 5.98. The number of rotatable bonds is 4. The Bertz CT molecular complexity index is 664.